The molecule has 0 spiro atoms. The fourth-order valence-corrected chi connectivity index (χ4v) is 8.41. The molecule has 0 aromatic heterocycles. The minimum absolute atomic E-state index is 0.622. The molecule has 0 radical (unpaired) electrons. The van der Waals surface area contributed by atoms with Crippen molar-refractivity contribution in [3.8, 4) is 0 Å². The molecule has 4 fully saturated rings. The second-order valence-corrected chi connectivity index (χ2v) is 9.99. The topological polar surface area (TPSA) is 0 Å². The van der Waals surface area contributed by atoms with Gasteiger partial charge in [-0.2, -0.15) is 0 Å². The van der Waals surface area contributed by atoms with Gasteiger partial charge in [0, 0.05) is 0 Å². The largest absolute Gasteiger partial charge is 0.0845 e. The van der Waals surface area contributed by atoms with E-state index in [1.54, 1.807) is 19.3 Å². The van der Waals surface area contributed by atoms with Crippen LogP contribution in [0.4, 0.5) is 0 Å². The maximum atomic E-state index is 2.70. The lowest BCUT2D eigenvalue weighted by molar-refractivity contribution is -0.0570. The Hall–Kier alpha value is -0.260. The van der Waals surface area contributed by atoms with Crippen LogP contribution in [0.15, 0.2) is 11.6 Å². The first kappa shape index (κ1) is 14.1. The van der Waals surface area contributed by atoms with Crippen molar-refractivity contribution in [1.29, 1.82) is 0 Å². The lowest BCUT2D eigenvalue weighted by Crippen LogP contribution is -2.51. The van der Waals surface area contributed by atoms with Crippen molar-refractivity contribution in [3.05, 3.63) is 11.6 Å². The summed E-state index contributed by atoms with van der Waals surface area (Å²) in [6, 6.07) is 0. The molecule has 0 amide bonds. The molecule has 0 aliphatic heterocycles. The molecule has 5 rings (SSSR count). The van der Waals surface area contributed by atoms with E-state index >= 15 is 0 Å². The number of fused-ring (bicyclic) bond motifs is 7. The molecule has 0 heteroatoms. The Morgan fingerprint density at radius 1 is 1.05 bits per heavy atom. The maximum absolute atomic E-state index is 2.70. The van der Waals surface area contributed by atoms with Gasteiger partial charge in [0.1, 0.15) is 0 Å². The Bertz CT molecular complexity index is 516. The second kappa shape index (κ2) is 4.42. The lowest BCUT2D eigenvalue weighted by atomic mass is 9.46. The van der Waals surface area contributed by atoms with Crippen molar-refractivity contribution in [1.82, 2.24) is 0 Å². The van der Waals surface area contributed by atoms with Crippen molar-refractivity contribution < 1.29 is 0 Å². The van der Waals surface area contributed by atoms with Crippen LogP contribution in [0.1, 0.15) is 78.6 Å². The molecule has 22 heavy (non-hydrogen) atoms. The molecule has 5 aliphatic carbocycles. The van der Waals surface area contributed by atoms with E-state index in [4.69, 9.17) is 0 Å². The van der Waals surface area contributed by atoms with Crippen LogP contribution in [-0.4, -0.2) is 0 Å². The summed E-state index contributed by atoms with van der Waals surface area (Å²) in [5.41, 5.74) is 3.23. The third-order valence-electron chi connectivity index (χ3n) is 9.70. The van der Waals surface area contributed by atoms with E-state index in [-0.39, 0.29) is 0 Å². The summed E-state index contributed by atoms with van der Waals surface area (Å²) in [7, 11) is 0. The van der Waals surface area contributed by atoms with E-state index in [1.807, 2.05) is 5.57 Å². The molecule has 4 saturated carbocycles. The number of allylic oxidation sites excluding steroid dienone is 2. The normalized spacial score (nSPS) is 59.0. The summed E-state index contributed by atoms with van der Waals surface area (Å²) in [6.07, 6.45) is 16.3. The van der Waals surface area contributed by atoms with Gasteiger partial charge in [-0.3, -0.25) is 0 Å². The highest BCUT2D eigenvalue weighted by atomic mass is 14.7. The molecule has 0 N–H and O–H groups in total. The predicted molar refractivity (Wildman–Crippen MR) is 92.5 cm³/mol. The summed E-state index contributed by atoms with van der Waals surface area (Å²) < 4.78 is 0. The molecule has 0 nitrogen and oxygen atoms in total. The molecule has 2 unspecified atom stereocenters. The second-order valence-electron chi connectivity index (χ2n) is 9.99. The molecule has 0 heterocycles. The van der Waals surface area contributed by atoms with Gasteiger partial charge >= 0.3 is 0 Å². The highest BCUT2D eigenvalue weighted by Crippen LogP contribution is 2.72. The first-order valence-electron chi connectivity index (χ1n) is 10.3. The number of hydrogen-bond donors (Lipinski definition) is 0. The Morgan fingerprint density at radius 2 is 1.91 bits per heavy atom. The van der Waals surface area contributed by atoms with Crippen LogP contribution < -0.4 is 0 Å². The van der Waals surface area contributed by atoms with Crippen LogP contribution in [0.2, 0.25) is 0 Å². The van der Waals surface area contributed by atoms with Crippen LogP contribution in [0.25, 0.3) is 0 Å². The Balaban J connectivity index is 1.51. The Morgan fingerprint density at radius 3 is 2.73 bits per heavy atom. The zero-order valence-corrected chi connectivity index (χ0v) is 14.9. The van der Waals surface area contributed by atoms with E-state index < -0.39 is 0 Å². The third kappa shape index (κ3) is 1.56. The van der Waals surface area contributed by atoms with Gasteiger partial charge in [0.2, 0.25) is 0 Å². The molecule has 0 aromatic carbocycles. The minimum Gasteiger partial charge on any atom is -0.0845 e. The minimum atomic E-state index is 0.622. The zero-order valence-electron chi connectivity index (χ0n) is 14.9. The summed E-state index contributed by atoms with van der Waals surface area (Å²) in [4.78, 5) is 0. The smallest absolute Gasteiger partial charge is 0.00543 e. The van der Waals surface area contributed by atoms with Crippen molar-refractivity contribution in [2.45, 2.75) is 78.6 Å². The highest BCUT2D eigenvalue weighted by molar-refractivity contribution is 5.30. The van der Waals surface area contributed by atoms with E-state index in [1.165, 1.54) is 38.5 Å². The lowest BCUT2D eigenvalue weighted by Gasteiger charge is -2.58. The van der Waals surface area contributed by atoms with Gasteiger partial charge in [0.05, 0.1) is 0 Å². The fourth-order valence-electron chi connectivity index (χ4n) is 8.41. The Kier molecular flexibility index (Phi) is 2.84. The van der Waals surface area contributed by atoms with Crippen LogP contribution in [0.5, 0.6) is 0 Å². The Labute approximate surface area is 137 Å². The molecule has 0 saturated heterocycles. The first-order valence-corrected chi connectivity index (χ1v) is 10.3. The summed E-state index contributed by atoms with van der Waals surface area (Å²) in [6.45, 7) is 7.83. The van der Waals surface area contributed by atoms with Gasteiger partial charge < -0.3 is 0 Å². The van der Waals surface area contributed by atoms with Crippen molar-refractivity contribution in [2.24, 2.45) is 46.3 Å². The zero-order chi connectivity index (χ0) is 15.1. The molecule has 122 valence electrons. The van der Waals surface area contributed by atoms with Gasteiger partial charge in [-0.15, -0.1) is 0 Å². The van der Waals surface area contributed by atoms with Gasteiger partial charge in [-0.1, -0.05) is 38.8 Å². The van der Waals surface area contributed by atoms with E-state index in [0.29, 0.717) is 10.8 Å². The van der Waals surface area contributed by atoms with E-state index in [0.717, 1.165) is 35.5 Å². The van der Waals surface area contributed by atoms with Crippen molar-refractivity contribution >= 4 is 0 Å². The number of rotatable bonds is 1. The van der Waals surface area contributed by atoms with Crippen molar-refractivity contribution in [3.63, 3.8) is 0 Å². The highest BCUT2D eigenvalue weighted by Gasteiger charge is 2.63. The summed E-state index contributed by atoms with van der Waals surface area (Å²) in [5, 5.41) is 0. The quantitative estimate of drug-likeness (QED) is 0.504. The van der Waals surface area contributed by atoms with Crippen LogP contribution in [0.3, 0.4) is 0 Å². The van der Waals surface area contributed by atoms with Crippen LogP contribution in [-0.2, 0) is 0 Å². The van der Waals surface area contributed by atoms with E-state index in [9.17, 15) is 0 Å². The summed E-state index contributed by atoms with van der Waals surface area (Å²) >= 11 is 0. The van der Waals surface area contributed by atoms with E-state index in [2.05, 4.69) is 26.8 Å². The fraction of sp³-hybridized carbons (Fsp3) is 0.909. The van der Waals surface area contributed by atoms with Gasteiger partial charge in [-0.25, -0.2) is 0 Å². The summed E-state index contributed by atoms with van der Waals surface area (Å²) in [5.74, 6) is 6.35. The molecule has 5 aliphatic rings. The number of hydrogen-bond acceptors (Lipinski definition) is 0. The van der Waals surface area contributed by atoms with Gasteiger partial charge in [-0.05, 0) is 97.7 Å². The van der Waals surface area contributed by atoms with Crippen LogP contribution in [0, 0.1) is 46.3 Å². The van der Waals surface area contributed by atoms with Crippen LogP contribution >= 0.6 is 0 Å². The predicted octanol–water partition coefficient (Wildman–Crippen LogP) is 6.22. The molecule has 8 atom stereocenters. The third-order valence-corrected chi connectivity index (χ3v) is 9.70. The van der Waals surface area contributed by atoms with Crippen molar-refractivity contribution in [2.75, 3.05) is 0 Å². The first-order chi connectivity index (χ1) is 10.6. The maximum Gasteiger partial charge on any atom is -0.00543 e. The average Bonchev–Trinajstić information content (AvgIpc) is 3.23. The molecular formula is C22H34. The SMILES string of the molecule is CC[C@H]1CC[C@H]2[C@@H]3CCC4=CCC5CC5[C@]4(C)[C@H]3CC[C@]12C. The molecule has 0 bridgehead atoms. The van der Waals surface area contributed by atoms with Gasteiger partial charge in [0.15, 0.2) is 0 Å². The van der Waals surface area contributed by atoms with Gasteiger partial charge in [0.25, 0.3) is 0 Å². The standard InChI is InChI=1S/C22H34/c1-4-15-8-10-18-17-9-7-16-6-5-14-13-20(14)22(16,3)19(17)11-12-21(15,18)2/h6,14-15,17-20H,4-5,7-13H2,1-3H3/t14?,15-,17-,18-,19-,20?,21+,22-/m0/s1. The molecule has 0 aromatic rings. The monoisotopic (exact) mass is 298 g/mol. The molecular weight excluding hydrogens is 264 g/mol. The average molecular weight is 299 g/mol.